The van der Waals surface area contributed by atoms with Crippen LogP contribution in [0.25, 0.3) is 22.0 Å². The normalized spacial score (nSPS) is 15.1. The van der Waals surface area contributed by atoms with E-state index in [2.05, 4.69) is 5.32 Å². The average Bonchev–Trinajstić information content (AvgIpc) is 2.82. The second kappa shape index (κ2) is 9.26. The van der Waals surface area contributed by atoms with Crippen LogP contribution >= 0.6 is 35.0 Å². The fraction of sp³-hybridized carbons (Fsp3) is 0.154. The molecular formula is C26H20Cl2N2O2S. The van der Waals surface area contributed by atoms with Crippen LogP contribution in [0, 0.1) is 0 Å². The lowest BCUT2D eigenvalue weighted by Gasteiger charge is -2.27. The van der Waals surface area contributed by atoms with Crippen LogP contribution < -0.4 is 10.1 Å². The zero-order chi connectivity index (χ0) is 22.9. The first kappa shape index (κ1) is 22.1. The topological polar surface area (TPSA) is 51.2 Å². The highest BCUT2D eigenvalue weighted by Gasteiger charge is 2.25. The Kier molecular flexibility index (Phi) is 6.19. The maximum Gasteiger partial charge on any atom is 0.254 e. The summed E-state index contributed by atoms with van der Waals surface area (Å²) in [5.41, 5.74) is 4.15. The highest BCUT2D eigenvalue weighted by atomic mass is 35.5. The molecule has 1 aliphatic rings. The first-order chi connectivity index (χ1) is 16.0. The van der Waals surface area contributed by atoms with E-state index >= 15 is 0 Å². The zero-order valence-electron chi connectivity index (χ0n) is 17.8. The molecule has 1 N–H and O–H groups in total. The van der Waals surface area contributed by atoms with Gasteiger partial charge in [0, 0.05) is 44.1 Å². The van der Waals surface area contributed by atoms with Gasteiger partial charge in [-0.25, -0.2) is 0 Å². The molecule has 166 valence electrons. The molecule has 5 rings (SSSR count). The quantitative estimate of drug-likeness (QED) is 0.305. The molecule has 1 aliphatic heterocycles. The Morgan fingerprint density at radius 2 is 1.88 bits per heavy atom. The van der Waals surface area contributed by atoms with Crippen molar-refractivity contribution in [3.8, 4) is 16.9 Å². The lowest BCUT2D eigenvalue weighted by Crippen LogP contribution is -2.32. The molecule has 0 radical (unpaired) electrons. The van der Waals surface area contributed by atoms with Crippen molar-refractivity contribution >= 4 is 51.8 Å². The third-order valence-electron chi connectivity index (χ3n) is 5.73. The summed E-state index contributed by atoms with van der Waals surface area (Å²) in [6.07, 6.45) is 4.35. The summed E-state index contributed by atoms with van der Waals surface area (Å²) in [6.45, 7) is 0.568. The maximum atomic E-state index is 13.4. The lowest BCUT2D eigenvalue weighted by atomic mass is 9.99. The van der Waals surface area contributed by atoms with E-state index < -0.39 is 0 Å². The number of benzene rings is 3. The van der Waals surface area contributed by atoms with Crippen LogP contribution in [0.1, 0.15) is 28.4 Å². The number of ether oxygens (including phenoxy) is 1. The predicted octanol–water partition coefficient (Wildman–Crippen LogP) is 7.18. The summed E-state index contributed by atoms with van der Waals surface area (Å²) in [7, 11) is 0. The molecule has 7 heteroatoms. The van der Waals surface area contributed by atoms with Gasteiger partial charge in [-0.3, -0.25) is 9.78 Å². The summed E-state index contributed by atoms with van der Waals surface area (Å²) in [5.74, 6) is 0.673. The fourth-order valence-corrected chi connectivity index (χ4v) is 5.53. The molecule has 1 atom stereocenters. The molecule has 33 heavy (non-hydrogen) atoms. The van der Waals surface area contributed by atoms with E-state index in [1.54, 1.807) is 12.3 Å². The van der Waals surface area contributed by atoms with Crippen molar-refractivity contribution in [3.05, 3.63) is 88.0 Å². The second-order valence-electron chi connectivity index (χ2n) is 7.77. The van der Waals surface area contributed by atoms with Gasteiger partial charge in [0.2, 0.25) is 0 Å². The van der Waals surface area contributed by atoms with E-state index in [4.69, 9.17) is 32.9 Å². The molecule has 0 fully saturated rings. The molecule has 4 aromatic rings. The number of nitrogens with one attached hydrogen (secondary N) is 1. The van der Waals surface area contributed by atoms with Gasteiger partial charge in [0.1, 0.15) is 5.75 Å². The van der Waals surface area contributed by atoms with Gasteiger partial charge in [-0.15, -0.1) is 11.8 Å². The van der Waals surface area contributed by atoms with Crippen LogP contribution in [-0.2, 0) is 0 Å². The standard InChI is InChI=1S/C26H20Cl2N2O2S/c1-33-25-20-7-4-6-18(15-11-16(27)13-17(28)12-15)24(20)29-14-21(25)26(31)30-22-9-10-32-23-8-3-2-5-19(22)23/h2-8,11-14,22H,9-10H2,1H3,(H,30,31)/t22-/m0/s1. The molecule has 0 saturated heterocycles. The zero-order valence-corrected chi connectivity index (χ0v) is 20.1. The van der Waals surface area contributed by atoms with Gasteiger partial charge in [-0.1, -0.05) is 59.6 Å². The summed E-state index contributed by atoms with van der Waals surface area (Å²) < 4.78 is 5.73. The van der Waals surface area contributed by atoms with E-state index in [9.17, 15) is 4.79 Å². The summed E-state index contributed by atoms with van der Waals surface area (Å²) in [5, 5.41) is 5.22. The number of aromatic nitrogens is 1. The van der Waals surface area contributed by atoms with E-state index in [1.165, 1.54) is 11.8 Å². The minimum Gasteiger partial charge on any atom is -0.493 e. The molecule has 2 heterocycles. The fourth-order valence-electron chi connectivity index (χ4n) is 4.25. The van der Waals surface area contributed by atoms with E-state index in [0.717, 1.165) is 44.7 Å². The first-order valence-electron chi connectivity index (χ1n) is 10.5. The van der Waals surface area contributed by atoms with Gasteiger partial charge >= 0.3 is 0 Å². The summed E-state index contributed by atoms with van der Waals surface area (Å²) in [6, 6.07) is 19.1. The Bertz CT molecular complexity index is 1360. The van der Waals surface area contributed by atoms with Gasteiger partial charge in [-0.2, -0.15) is 0 Å². The Balaban J connectivity index is 1.54. The Morgan fingerprint density at radius 1 is 1.09 bits per heavy atom. The van der Waals surface area contributed by atoms with Crippen LogP contribution in [0.2, 0.25) is 10.0 Å². The van der Waals surface area contributed by atoms with Crippen LogP contribution in [0.4, 0.5) is 0 Å². The van der Waals surface area contributed by atoms with Crippen molar-refractivity contribution in [2.24, 2.45) is 0 Å². The van der Waals surface area contributed by atoms with Crippen molar-refractivity contribution in [2.75, 3.05) is 12.9 Å². The Hall–Kier alpha value is -2.73. The number of para-hydroxylation sites is 2. The van der Waals surface area contributed by atoms with Crippen molar-refractivity contribution in [1.29, 1.82) is 0 Å². The second-order valence-corrected chi connectivity index (χ2v) is 9.46. The van der Waals surface area contributed by atoms with Gasteiger partial charge < -0.3 is 10.1 Å². The number of thioether (sulfide) groups is 1. The summed E-state index contributed by atoms with van der Waals surface area (Å²) >= 11 is 14.0. The number of carbonyl (C=O) groups is 1. The minimum atomic E-state index is -0.147. The largest absolute Gasteiger partial charge is 0.493 e. The molecule has 1 amide bonds. The molecule has 0 saturated carbocycles. The molecule has 0 aliphatic carbocycles. The number of nitrogens with zero attached hydrogens (tertiary/aromatic N) is 1. The van der Waals surface area contributed by atoms with Gasteiger partial charge in [0.25, 0.3) is 5.91 Å². The number of halogens is 2. The molecule has 3 aromatic carbocycles. The molecule has 0 bridgehead atoms. The third kappa shape index (κ3) is 4.29. The van der Waals surface area contributed by atoms with E-state index in [-0.39, 0.29) is 11.9 Å². The number of amides is 1. The number of carbonyl (C=O) groups excluding carboxylic acids is 1. The smallest absolute Gasteiger partial charge is 0.254 e. The van der Waals surface area contributed by atoms with Gasteiger partial charge in [0.05, 0.1) is 23.7 Å². The summed E-state index contributed by atoms with van der Waals surface area (Å²) in [4.78, 5) is 18.9. The van der Waals surface area contributed by atoms with Crippen LogP contribution in [0.15, 0.2) is 71.8 Å². The molecule has 4 nitrogen and oxygen atoms in total. The number of pyridine rings is 1. The number of hydrogen-bond donors (Lipinski definition) is 1. The number of hydrogen-bond acceptors (Lipinski definition) is 4. The van der Waals surface area contributed by atoms with Gasteiger partial charge in [-0.05, 0) is 36.1 Å². The molecule has 1 aromatic heterocycles. The Labute approximate surface area is 206 Å². The Morgan fingerprint density at radius 3 is 2.67 bits per heavy atom. The highest BCUT2D eigenvalue weighted by Crippen LogP contribution is 2.37. The van der Waals surface area contributed by atoms with Crippen molar-refractivity contribution in [1.82, 2.24) is 10.3 Å². The van der Waals surface area contributed by atoms with Gasteiger partial charge in [0.15, 0.2) is 0 Å². The van der Waals surface area contributed by atoms with E-state index in [1.807, 2.05) is 60.9 Å². The minimum absolute atomic E-state index is 0.104. The predicted molar refractivity (Wildman–Crippen MR) is 136 cm³/mol. The molecule has 0 unspecified atom stereocenters. The molecule has 0 spiro atoms. The highest BCUT2D eigenvalue weighted by molar-refractivity contribution is 7.99. The van der Waals surface area contributed by atoms with Crippen LogP contribution in [0.3, 0.4) is 0 Å². The van der Waals surface area contributed by atoms with Crippen LogP contribution in [0.5, 0.6) is 5.75 Å². The maximum absolute atomic E-state index is 13.4. The monoisotopic (exact) mass is 494 g/mol. The number of fused-ring (bicyclic) bond motifs is 2. The average molecular weight is 495 g/mol. The van der Waals surface area contributed by atoms with Crippen LogP contribution in [-0.4, -0.2) is 23.8 Å². The third-order valence-corrected chi connectivity index (χ3v) is 7.02. The SMILES string of the molecule is CSc1c(C(=O)N[C@H]2CCOc3ccccc32)cnc2c(-c3cc(Cl)cc(Cl)c3)cccc12. The molecular weight excluding hydrogens is 475 g/mol. The first-order valence-corrected chi connectivity index (χ1v) is 12.5. The van der Waals surface area contributed by atoms with Crippen molar-refractivity contribution in [3.63, 3.8) is 0 Å². The lowest BCUT2D eigenvalue weighted by molar-refractivity contribution is 0.0921. The number of rotatable bonds is 4. The van der Waals surface area contributed by atoms with E-state index in [0.29, 0.717) is 22.2 Å². The van der Waals surface area contributed by atoms with Crippen molar-refractivity contribution < 1.29 is 9.53 Å². The van der Waals surface area contributed by atoms with Crippen molar-refractivity contribution in [2.45, 2.75) is 17.4 Å².